The van der Waals surface area contributed by atoms with Crippen molar-refractivity contribution in [3.63, 3.8) is 0 Å². The van der Waals surface area contributed by atoms with E-state index in [1.54, 1.807) is 0 Å². The molecule has 0 amide bonds. The van der Waals surface area contributed by atoms with E-state index >= 15 is 0 Å². The van der Waals surface area contributed by atoms with Crippen molar-refractivity contribution in [1.29, 1.82) is 0 Å². The molecule has 0 aliphatic heterocycles. The highest BCUT2D eigenvalue weighted by atomic mass is 35.5. The van der Waals surface area contributed by atoms with Gasteiger partial charge >= 0.3 is 5.97 Å². The van der Waals surface area contributed by atoms with Crippen LogP contribution in [0.2, 0.25) is 0 Å². The fourth-order valence-corrected chi connectivity index (χ4v) is 1.39. The van der Waals surface area contributed by atoms with Gasteiger partial charge in [0, 0.05) is 6.42 Å². The first-order valence-corrected chi connectivity index (χ1v) is 3.34. The summed E-state index contributed by atoms with van der Waals surface area (Å²) in [5.74, 6) is -1.16. The Balaban J connectivity index is 2.74. The molecule has 0 aromatic heterocycles. The molecule has 0 radical (unpaired) electrons. The lowest BCUT2D eigenvalue weighted by Crippen LogP contribution is -2.21. The van der Waals surface area contributed by atoms with Crippen LogP contribution in [-0.2, 0) is 4.79 Å². The van der Waals surface area contributed by atoms with Gasteiger partial charge in [-0.2, -0.15) is 0 Å². The fraction of sp³-hybridized carbons (Fsp3) is 0.750. The smallest absolute Gasteiger partial charge is 0.328 e. The molecule has 0 bridgehead atoms. The summed E-state index contributed by atoms with van der Waals surface area (Å²) in [6.07, 6.45) is 0.111. The highest BCUT2D eigenvalue weighted by molar-refractivity contribution is 6.61. The third kappa shape index (κ3) is 0.896. The maximum atomic E-state index is 10.2. The van der Waals surface area contributed by atoms with Gasteiger partial charge in [-0.15, -0.1) is 11.6 Å². The second-order valence-corrected chi connectivity index (χ2v) is 4.12. The van der Waals surface area contributed by atoms with Gasteiger partial charge in [-0.25, -0.2) is 0 Å². The van der Waals surface area contributed by atoms with Crippen LogP contribution in [0.5, 0.6) is 0 Å². The van der Waals surface area contributed by atoms with Crippen LogP contribution in [0.1, 0.15) is 6.42 Å². The second-order valence-electron chi connectivity index (χ2n) is 1.99. The Kier molecular flexibility index (Phi) is 1.39. The van der Waals surface area contributed by atoms with Crippen LogP contribution in [0.15, 0.2) is 0 Å². The summed E-state index contributed by atoms with van der Waals surface area (Å²) in [5.41, 5.74) is 0. The van der Waals surface area contributed by atoms with Gasteiger partial charge in [-0.3, -0.25) is 4.79 Å². The molecular weight excluding hydrogens is 186 g/mol. The molecule has 0 saturated heterocycles. The first-order chi connectivity index (χ1) is 3.90. The molecule has 1 saturated carbocycles. The summed E-state index contributed by atoms with van der Waals surface area (Å²) in [6, 6.07) is 0. The molecule has 0 heterocycles. The number of carboxylic acids is 1. The molecule has 0 aromatic rings. The van der Waals surface area contributed by atoms with Crippen molar-refractivity contribution in [3.05, 3.63) is 0 Å². The molecule has 1 fully saturated rings. The van der Waals surface area contributed by atoms with Crippen LogP contribution >= 0.6 is 34.8 Å². The van der Waals surface area contributed by atoms with Gasteiger partial charge in [0.1, 0.15) is 0 Å². The topological polar surface area (TPSA) is 37.3 Å². The fourth-order valence-electron chi connectivity index (χ4n) is 0.494. The summed E-state index contributed by atoms with van der Waals surface area (Å²) < 4.78 is -1.26. The van der Waals surface area contributed by atoms with Gasteiger partial charge in [-0.05, 0) is 0 Å². The van der Waals surface area contributed by atoms with Crippen molar-refractivity contribution >= 4 is 40.8 Å². The quantitative estimate of drug-likeness (QED) is 0.637. The predicted molar refractivity (Wildman–Crippen MR) is 35.3 cm³/mol. The molecule has 2 nitrogen and oxygen atoms in total. The van der Waals surface area contributed by atoms with Gasteiger partial charge in [0.2, 0.25) is 0 Å². The van der Waals surface area contributed by atoms with Crippen molar-refractivity contribution in [2.45, 2.75) is 15.6 Å². The zero-order valence-corrected chi connectivity index (χ0v) is 6.46. The Bertz CT molecular complexity index is 167. The summed E-state index contributed by atoms with van der Waals surface area (Å²) in [7, 11) is 0. The number of aliphatic carboxylic acids is 1. The Morgan fingerprint density at radius 3 is 1.78 bits per heavy atom. The van der Waals surface area contributed by atoms with E-state index in [9.17, 15) is 4.79 Å². The number of carboxylic acid groups (broad SMARTS) is 1. The van der Waals surface area contributed by atoms with E-state index in [2.05, 4.69) is 0 Å². The first kappa shape index (κ1) is 7.45. The summed E-state index contributed by atoms with van der Waals surface area (Å²) in [4.78, 5) is 8.76. The zero-order chi connectivity index (χ0) is 7.28. The highest BCUT2D eigenvalue weighted by Gasteiger charge is 2.71. The van der Waals surface area contributed by atoms with Gasteiger partial charge < -0.3 is 5.11 Å². The molecule has 1 rings (SSSR count). The van der Waals surface area contributed by atoms with Crippen molar-refractivity contribution < 1.29 is 9.90 Å². The number of alkyl halides is 3. The summed E-state index contributed by atoms with van der Waals surface area (Å²) in [5, 5.41) is 8.35. The van der Waals surface area contributed by atoms with E-state index in [-0.39, 0.29) is 6.42 Å². The Morgan fingerprint density at radius 1 is 1.44 bits per heavy atom. The molecule has 1 N–H and O–H groups in total. The summed E-state index contributed by atoms with van der Waals surface area (Å²) >= 11 is 16.2. The molecule has 1 aliphatic carbocycles. The van der Waals surface area contributed by atoms with Crippen molar-refractivity contribution in [1.82, 2.24) is 0 Å². The maximum absolute atomic E-state index is 10.2. The minimum atomic E-state index is -1.43. The van der Waals surface area contributed by atoms with Gasteiger partial charge in [0.25, 0.3) is 0 Å². The molecule has 1 aliphatic rings. The lowest BCUT2D eigenvalue weighted by atomic mass is 10.4. The Morgan fingerprint density at radius 2 is 1.78 bits per heavy atom. The molecule has 52 valence electrons. The average molecular weight is 189 g/mol. The highest BCUT2D eigenvalue weighted by Crippen LogP contribution is 2.61. The molecule has 1 unspecified atom stereocenters. The van der Waals surface area contributed by atoms with Crippen LogP contribution in [0, 0.1) is 0 Å². The van der Waals surface area contributed by atoms with Crippen LogP contribution in [0.4, 0.5) is 0 Å². The Hall–Kier alpha value is 0.340. The normalized spacial score (nSPS) is 38.1. The first-order valence-electron chi connectivity index (χ1n) is 2.20. The minimum absolute atomic E-state index is 0.111. The maximum Gasteiger partial charge on any atom is 0.328 e. The molecule has 0 aromatic carbocycles. The van der Waals surface area contributed by atoms with Gasteiger partial charge in [0.05, 0.1) is 0 Å². The van der Waals surface area contributed by atoms with Crippen LogP contribution in [0.3, 0.4) is 0 Å². The van der Waals surface area contributed by atoms with Crippen LogP contribution < -0.4 is 0 Å². The van der Waals surface area contributed by atoms with E-state index in [1.165, 1.54) is 0 Å². The van der Waals surface area contributed by atoms with E-state index in [0.717, 1.165) is 0 Å². The van der Waals surface area contributed by atoms with E-state index in [4.69, 9.17) is 39.9 Å². The molecule has 5 heteroatoms. The molecule has 0 spiro atoms. The lowest BCUT2D eigenvalue weighted by molar-refractivity contribution is -0.137. The van der Waals surface area contributed by atoms with Crippen LogP contribution in [-0.4, -0.2) is 20.3 Å². The van der Waals surface area contributed by atoms with Crippen LogP contribution in [0.25, 0.3) is 0 Å². The van der Waals surface area contributed by atoms with E-state index in [1.807, 2.05) is 0 Å². The van der Waals surface area contributed by atoms with Crippen molar-refractivity contribution in [3.8, 4) is 0 Å². The third-order valence-electron chi connectivity index (χ3n) is 1.26. The Labute approximate surface area is 66.7 Å². The predicted octanol–water partition coefficient (Wildman–Crippen LogP) is 1.63. The largest absolute Gasteiger partial charge is 0.480 e. The third-order valence-corrected chi connectivity index (χ3v) is 2.98. The zero-order valence-electron chi connectivity index (χ0n) is 4.20. The second kappa shape index (κ2) is 1.68. The van der Waals surface area contributed by atoms with Gasteiger partial charge in [0.15, 0.2) is 9.21 Å². The van der Waals surface area contributed by atoms with Gasteiger partial charge in [-0.1, -0.05) is 23.2 Å². The number of carbonyl (C=O) groups is 1. The van der Waals surface area contributed by atoms with E-state index in [0.29, 0.717) is 0 Å². The number of hydrogen-bond acceptors (Lipinski definition) is 1. The molecular formula is C4H3Cl3O2. The number of hydrogen-bond donors (Lipinski definition) is 1. The van der Waals surface area contributed by atoms with E-state index < -0.39 is 15.2 Å². The van der Waals surface area contributed by atoms with Crippen molar-refractivity contribution in [2.24, 2.45) is 0 Å². The molecule has 1 atom stereocenters. The molecule has 9 heavy (non-hydrogen) atoms. The average Bonchev–Trinajstić information content (AvgIpc) is 2.08. The standard InChI is InChI=1S/C4H3Cl3O2/c5-3(2(8)9)1-4(3,6)7/h1H2,(H,8,9). The SMILES string of the molecule is O=C(O)C1(Cl)CC1(Cl)Cl. The van der Waals surface area contributed by atoms with Crippen molar-refractivity contribution in [2.75, 3.05) is 0 Å². The lowest BCUT2D eigenvalue weighted by Gasteiger charge is -2.00. The number of rotatable bonds is 1. The number of halogens is 3. The summed E-state index contributed by atoms with van der Waals surface area (Å²) in [6.45, 7) is 0. The minimum Gasteiger partial charge on any atom is -0.480 e. The monoisotopic (exact) mass is 188 g/mol.